The molecule has 1 aromatic rings. The first-order valence-corrected chi connectivity index (χ1v) is 6.49. The van der Waals surface area contributed by atoms with Gasteiger partial charge in [0.15, 0.2) is 0 Å². The molecule has 0 aliphatic heterocycles. The molecule has 14 heavy (non-hydrogen) atoms. The van der Waals surface area contributed by atoms with Crippen molar-refractivity contribution >= 4 is 11.3 Å². The van der Waals surface area contributed by atoms with Crippen molar-refractivity contribution in [3.63, 3.8) is 0 Å². The first-order chi connectivity index (χ1) is 6.90. The molecule has 1 nitrogen and oxygen atoms in total. The topological polar surface area (TPSA) is 12.0 Å². The lowest BCUT2D eigenvalue weighted by Gasteiger charge is -2.18. The van der Waals surface area contributed by atoms with E-state index in [1.807, 2.05) is 11.3 Å². The highest BCUT2D eigenvalue weighted by Crippen LogP contribution is 2.33. The van der Waals surface area contributed by atoms with Gasteiger partial charge in [0.05, 0.1) is 0 Å². The summed E-state index contributed by atoms with van der Waals surface area (Å²) in [6.07, 6.45) is 6.88. The van der Waals surface area contributed by atoms with E-state index in [2.05, 4.69) is 29.9 Å². The van der Waals surface area contributed by atoms with Crippen molar-refractivity contribution in [2.45, 2.75) is 44.1 Å². The minimum Gasteiger partial charge on any atom is -0.317 e. The van der Waals surface area contributed by atoms with Gasteiger partial charge in [0.25, 0.3) is 0 Å². The summed E-state index contributed by atoms with van der Waals surface area (Å²) in [6.45, 7) is 0. The third kappa shape index (κ3) is 2.37. The summed E-state index contributed by atoms with van der Waals surface area (Å²) < 4.78 is 0. The van der Waals surface area contributed by atoms with E-state index in [0.29, 0.717) is 0 Å². The first kappa shape index (κ1) is 10.2. The molecule has 2 unspecified atom stereocenters. The molecule has 1 aliphatic carbocycles. The smallest absolute Gasteiger partial charge is 0.00767 e. The Balaban J connectivity index is 2.03. The summed E-state index contributed by atoms with van der Waals surface area (Å²) in [5.41, 5.74) is 0. The maximum Gasteiger partial charge on any atom is 0.00767 e. The fraction of sp³-hybridized carbons (Fsp3) is 0.667. The van der Waals surface area contributed by atoms with Gasteiger partial charge in [-0.15, -0.1) is 11.3 Å². The SMILES string of the molecule is CNC1CCCCC(c2cccs2)C1. The Bertz CT molecular complexity index is 255. The van der Waals surface area contributed by atoms with Crippen LogP contribution in [0.5, 0.6) is 0 Å². The molecule has 1 aromatic heterocycles. The molecule has 2 atom stereocenters. The molecule has 0 bridgehead atoms. The largest absolute Gasteiger partial charge is 0.317 e. The highest BCUT2D eigenvalue weighted by atomic mass is 32.1. The highest BCUT2D eigenvalue weighted by molar-refractivity contribution is 7.10. The monoisotopic (exact) mass is 209 g/mol. The molecule has 1 fully saturated rings. The summed E-state index contributed by atoms with van der Waals surface area (Å²) in [5.74, 6) is 0.815. The summed E-state index contributed by atoms with van der Waals surface area (Å²) in [6, 6.07) is 5.22. The average molecular weight is 209 g/mol. The molecule has 0 aromatic carbocycles. The second-order valence-corrected chi connectivity index (χ2v) is 5.20. The van der Waals surface area contributed by atoms with E-state index in [-0.39, 0.29) is 0 Å². The second-order valence-electron chi connectivity index (χ2n) is 4.22. The van der Waals surface area contributed by atoms with Crippen LogP contribution < -0.4 is 5.32 Å². The molecule has 0 radical (unpaired) electrons. The van der Waals surface area contributed by atoms with E-state index in [1.54, 1.807) is 4.88 Å². The Labute approximate surface area is 90.5 Å². The third-order valence-corrected chi connectivity index (χ3v) is 4.31. The normalized spacial score (nSPS) is 28.6. The fourth-order valence-corrected chi connectivity index (χ4v) is 3.28. The number of thiophene rings is 1. The maximum absolute atomic E-state index is 3.44. The van der Waals surface area contributed by atoms with Crippen molar-refractivity contribution in [3.8, 4) is 0 Å². The quantitative estimate of drug-likeness (QED) is 0.736. The molecular formula is C12H19NS. The van der Waals surface area contributed by atoms with Gasteiger partial charge >= 0.3 is 0 Å². The van der Waals surface area contributed by atoms with Crippen LogP contribution in [0.2, 0.25) is 0 Å². The van der Waals surface area contributed by atoms with Gasteiger partial charge in [-0.1, -0.05) is 18.9 Å². The van der Waals surface area contributed by atoms with Gasteiger partial charge in [-0.25, -0.2) is 0 Å². The molecule has 0 saturated heterocycles. The van der Waals surface area contributed by atoms with Crippen molar-refractivity contribution < 1.29 is 0 Å². The number of hydrogen-bond donors (Lipinski definition) is 1. The highest BCUT2D eigenvalue weighted by Gasteiger charge is 2.20. The summed E-state index contributed by atoms with van der Waals surface area (Å²) in [5, 5.41) is 5.64. The summed E-state index contributed by atoms with van der Waals surface area (Å²) >= 11 is 1.92. The van der Waals surface area contributed by atoms with E-state index < -0.39 is 0 Å². The lowest BCUT2D eigenvalue weighted by atomic mass is 9.96. The van der Waals surface area contributed by atoms with Crippen LogP contribution in [0.15, 0.2) is 17.5 Å². The van der Waals surface area contributed by atoms with Gasteiger partial charge in [-0.2, -0.15) is 0 Å². The van der Waals surface area contributed by atoms with Crippen LogP contribution in [0.3, 0.4) is 0 Å². The van der Waals surface area contributed by atoms with E-state index in [4.69, 9.17) is 0 Å². The van der Waals surface area contributed by atoms with Gasteiger partial charge in [0.1, 0.15) is 0 Å². The van der Waals surface area contributed by atoms with Gasteiger partial charge < -0.3 is 5.32 Å². The maximum atomic E-state index is 3.44. The molecule has 1 heterocycles. The Kier molecular flexibility index (Phi) is 3.60. The van der Waals surface area contributed by atoms with Crippen molar-refractivity contribution in [3.05, 3.63) is 22.4 Å². The summed E-state index contributed by atoms with van der Waals surface area (Å²) in [4.78, 5) is 1.59. The zero-order valence-corrected chi connectivity index (χ0v) is 9.65. The minimum atomic E-state index is 0.740. The van der Waals surface area contributed by atoms with Crippen molar-refractivity contribution in [1.82, 2.24) is 5.32 Å². The predicted molar refractivity (Wildman–Crippen MR) is 63.0 cm³/mol. The first-order valence-electron chi connectivity index (χ1n) is 5.61. The van der Waals surface area contributed by atoms with Crippen molar-refractivity contribution in [1.29, 1.82) is 0 Å². The molecule has 2 rings (SSSR count). The summed E-state index contributed by atoms with van der Waals surface area (Å²) in [7, 11) is 2.10. The third-order valence-electron chi connectivity index (χ3n) is 3.28. The van der Waals surface area contributed by atoms with Crippen LogP contribution in [-0.4, -0.2) is 13.1 Å². The van der Waals surface area contributed by atoms with Gasteiger partial charge in [0, 0.05) is 10.9 Å². The Morgan fingerprint density at radius 2 is 2.21 bits per heavy atom. The Morgan fingerprint density at radius 3 is 2.93 bits per heavy atom. The standard InChI is InChI=1S/C12H19NS/c1-13-11-6-3-2-5-10(9-11)12-7-4-8-14-12/h4,7-8,10-11,13H,2-3,5-6,9H2,1H3. The van der Waals surface area contributed by atoms with E-state index in [0.717, 1.165) is 12.0 Å². The van der Waals surface area contributed by atoms with Crippen molar-refractivity contribution in [2.24, 2.45) is 0 Å². The lowest BCUT2D eigenvalue weighted by molar-refractivity contribution is 0.474. The van der Waals surface area contributed by atoms with Crippen LogP contribution in [0, 0.1) is 0 Å². The molecule has 1 aliphatic rings. The number of rotatable bonds is 2. The van der Waals surface area contributed by atoms with Crippen LogP contribution in [0.1, 0.15) is 42.9 Å². The van der Waals surface area contributed by atoms with E-state index >= 15 is 0 Å². The van der Waals surface area contributed by atoms with Gasteiger partial charge in [0.2, 0.25) is 0 Å². The predicted octanol–water partition coefficient (Wildman–Crippen LogP) is 3.38. The van der Waals surface area contributed by atoms with Gasteiger partial charge in [-0.05, 0) is 43.7 Å². The van der Waals surface area contributed by atoms with Crippen LogP contribution >= 0.6 is 11.3 Å². The molecule has 1 N–H and O–H groups in total. The fourth-order valence-electron chi connectivity index (χ4n) is 2.40. The van der Waals surface area contributed by atoms with Crippen LogP contribution in [-0.2, 0) is 0 Å². The molecule has 0 amide bonds. The molecule has 2 heteroatoms. The molecule has 1 saturated carbocycles. The van der Waals surface area contributed by atoms with E-state index in [9.17, 15) is 0 Å². The Morgan fingerprint density at radius 1 is 1.36 bits per heavy atom. The lowest BCUT2D eigenvalue weighted by Crippen LogP contribution is -2.25. The number of nitrogens with one attached hydrogen (secondary N) is 1. The van der Waals surface area contributed by atoms with Gasteiger partial charge in [-0.3, -0.25) is 0 Å². The molecule has 78 valence electrons. The average Bonchev–Trinajstić information content (AvgIpc) is 2.63. The second kappa shape index (κ2) is 4.94. The zero-order chi connectivity index (χ0) is 9.80. The minimum absolute atomic E-state index is 0.740. The van der Waals surface area contributed by atoms with E-state index in [1.165, 1.54) is 32.1 Å². The van der Waals surface area contributed by atoms with Crippen LogP contribution in [0.25, 0.3) is 0 Å². The number of hydrogen-bond acceptors (Lipinski definition) is 2. The molecule has 0 spiro atoms. The Hall–Kier alpha value is -0.340. The zero-order valence-electron chi connectivity index (χ0n) is 8.83. The molecular weight excluding hydrogens is 190 g/mol. The van der Waals surface area contributed by atoms with Crippen LogP contribution in [0.4, 0.5) is 0 Å². The van der Waals surface area contributed by atoms with Crippen molar-refractivity contribution in [2.75, 3.05) is 7.05 Å².